The van der Waals surface area contributed by atoms with Crippen LogP contribution in [0.1, 0.15) is 32.1 Å². The fourth-order valence-electron chi connectivity index (χ4n) is 2.19. The van der Waals surface area contributed by atoms with Crippen molar-refractivity contribution in [2.45, 2.75) is 38.1 Å². The van der Waals surface area contributed by atoms with Gasteiger partial charge in [-0.1, -0.05) is 25.7 Å². The van der Waals surface area contributed by atoms with Crippen LogP contribution in [0.2, 0.25) is 0 Å². The van der Waals surface area contributed by atoms with Gasteiger partial charge in [0.25, 0.3) is 0 Å². The smallest absolute Gasteiger partial charge is 0.321 e. The van der Waals surface area contributed by atoms with Crippen molar-refractivity contribution in [3.8, 4) is 0 Å². The Morgan fingerprint density at radius 3 is 2.54 bits per heavy atom. The highest BCUT2D eigenvalue weighted by molar-refractivity contribution is 5.75. The second kappa shape index (κ2) is 3.66. The first-order chi connectivity index (χ1) is 6.27. The van der Waals surface area contributed by atoms with Crippen LogP contribution in [-0.2, 0) is 4.79 Å². The average Bonchev–Trinajstić information content (AvgIpc) is 1.90. The van der Waals surface area contributed by atoms with Crippen LogP contribution < -0.4 is 5.32 Å². The predicted molar refractivity (Wildman–Crippen MR) is 49.5 cm³/mol. The minimum Gasteiger partial charge on any atom is -0.480 e. The molecule has 0 aromatic carbocycles. The minimum absolute atomic E-state index is 0.250. The molecule has 0 aromatic rings. The third kappa shape index (κ3) is 1.85. The van der Waals surface area contributed by atoms with Crippen LogP contribution in [0.5, 0.6) is 0 Å². The molecule has 3 heteroatoms. The molecule has 2 fully saturated rings. The number of carbonyl (C=O) groups is 1. The minimum atomic E-state index is -0.676. The molecule has 3 nitrogen and oxygen atoms in total. The molecule has 1 saturated heterocycles. The maximum atomic E-state index is 10.7. The Bertz CT molecular complexity index is 201. The maximum Gasteiger partial charge on any atom is 0.321 e. The molecule has 2 unspecified atom stereocenters. The van der Waals surface area contributed by atoms with Crippen molar-refractivity contribution in [2.75, 3.05) is 6.54 Å². The van der Waals surface area contributed by atoms with E-state index in [1.54, 1.807) is 0 Å². The van der Waals surface area contributed by atoms with Crippen molar-refractivity contribution < 1.29 is 9.90 Å². The summed E-state index contributed by atoms with van der Waals surface area (Å²) in [7, 11) is 0. The number of aliphatic carboxylic acids is 1. The van der Waals surface area contributed by atoms with E-state index in [-0.39, 0.29) is 6.04 Å². The summed E-state index contributed by atoms with van der Waals surface area (Å²) in [5.41, 5.74) is 0. The molecule has 2 N–H and O–H groups in total. The van der Waals surface area contributed by atoms with Gasteiger partial charge in [-0.05, 0) is 18.3 Å². The molecule has 1 saturated carbocycles. The maximum absolute atomic E-state index is 10.7. The van der Waals surface area contributed by atoms with Crippen molar-refractivity contribution in [1.29, 1.82) is 0 Å². The number of carboxylic acid groups (broad SMARTS) is 1. The summed E-state index contributed by atoms with van der Waals surface area (Å²) in [5, 5.41) is 11.7. The van der Waals surface area contributed by atoms with Gasteiger partial charge in [-0.2, -0.15) is 0 Å². The van der Waals surface area contributed by atoms with E-state index in [1.165, 1.54) is 25.7 Å². The highest BCUT2D eigenvalue weighted by atomic mass is 16.4. The van der Waals surface area contributed by atoms with Crippen LogP contribution in [0.25, 0.3) is 0 Å². The quantitative estimate of drug-likeness (QED) is 0.689. The summed E-state index contributed by atoms with van der Waals surface area (Å²) in [6, 6.07) is -0.250. The van der Waals surface area contributed by atoms with Crippen LogP contribution in [0, 0.1) is 11.8 Å². The van der Waals surface area contributed by atoms with Gasteiger partial charge in [-0.3, -0.25) is 4.79 Å². The lowest BCUT2D eigenvalue weighted by Crippen LogP contribution is -2.57. The zero-order valence-corrected chi connectivity index (χ0v) is 7.83. The second-order valence-electron chi connectivity index (χ2n) is 4.36. The lowest BCUT2D eigenvalue weighted by Gasteiger charge is -2.36. The molecule has 1 aliphatic heterocycles. The Morgan fingerprint density at radius 1 is 1.38 bits per heavy atom. The van der Waals surface area contributed by atoms with Gasteiger partial charge in [0.2, 0.25) is 0 Å². The van der Waals surface area contributed by atoms with E-state index in [9.17, 15) is 4.79 Å². The van der Waals surface area contributed by atoms with Crippen molar-refractivity contribution in [3.05, 3.63) is 0 Å². The first-order valence-corrected chi connectivity index (χ1v) is 5.23. The van der Waals surface area contributed by atoms with Gasteiger partial charge in [0, 0.05) is 6.54 Å². The van der Waals surface area contributed by atoms with Gasteiger partial charge in [0.15, 0.2) is 0 Å². The fourth-order valence-corrected chi connectivity index (χ4v) is 2.19. The van der Waals surface area contributed by atoms with E-state index in [2.05, 4.69) is 5.32 Å². The van der Waals surface area contributed by atoms with E-state index in [1.807, 2.05) is 0 Å². The van der Waals surface area contributed by atoms with E-state index in [0.717, 1.165) is 18.9 Å². The summed E-state index contributed by atoms with van der Waals surface area (Å²) in [4.78, 5) is 10.7. The lowest BCUT2D eigenvalue weighted by molar-refractivity contribution is -0.143. The van der Waals surface area contributed by atoms with Gasteiger partial charge in [0.05, 0.1) is 0 Å². The zero-order chi connectivity index (χ0) is 9.26. The Kier molecular flexibility index (Phi) is 2.54. The van der Waals surface area contributed by atoms with Gasteiger partial charge in [-0.25, -0.2) is 0 Å². The third-order valence-electron chi connectivity index (χ3n) is 3.51. The highest BCUT2D eigenvalue weighted by Gasteiger charge is 2.36. The first kappa shape index (κ1) is 9.00. The summed E-state index contributed by atoms with van der Waals surface area (Å²) in [6.07, 6.45) is 6.48. The molecule has 2 rings (SSSR count). The third-order valence-corrected chi connectivity index (χ3v) is 3.51. The second-order valence-corrected chi connectivity index (χ2v) is 4.36. The molecule has 2 aliphatic rings. The monoisotopic (exact) mass is 183 g/mol. The van der Waals surface area contributed by atoms with Crippen LogP contribution in [0.4, 0.5) is 0 Å². The summed E-state index contributed by atoms with van der Waals surface area (Å²) < 4.78 is 0. The lowest BCUT2D eigenvalue weighted by atomic mass is 9.78. The molecule has 0 amide bonds. The SMILES string of the molecule is O=C(O)C1NCC1CCC1CCC1. The Labute approximate surface area is 78.5 Å². The topological polar surface area (TPSA) is 49.3 Å². The molecule has 0 aromatic heterocycles. The first-order valence-electron chi connectivity index (χ1n) is 5.23. The van der Waals surface area contributed by atoms with Crippen molar-refractivity contribution in [1.82, 2.24) is 5.32 Å². The average molecular weight is 183 g/mol. The van der Waals surface area contributed by atoms with Gasteiger partial charge >= 0.3 is 5.97 Å². The molecular formula is C10H17NO2. The van der Waals surface area contributed by atoms with Gasteiger partial charge in [-0.15, -0.1) is 0 Å². The van der Waals surface area contributed by atoms with E-state index >= 15 is 0 Å². The van der Waals surface area contributed by atoms with Crippen molar-refractivity contribution in [2.24, 2.45) is 11.8 Å². The van der Waals surface area contributed by atoms with Crippen LogP contribution in [0.15, 0.2) is 0 Å². The van der Waals surface area contributed by atoms with Gasteiger partial charge in [0.1, 0.15) is 6.04 Å². The number of rotatable bonds is 4. The molecule has 1 heterocycles. The predicted octanol–water partition coefficient (Wildman–Crippen LogP) is 1.24. The fraction of sp³-hybridized carbons (Fsp3) is 0.900. The Hall–Kier alpha value is -0.570. The molecule has 1 aliphatic carbocycles. The largest absolute Gasteiger partial charge is 0.480 e. The molecule has 2 atom stereocenters. The number of carboxylic acids is 1. The summed E-state index contributed by atoms with van der Waals surface area (Å²) in [5.74, 6) is 0.637. The molecule has 0 spiro atoms. The molecule has 74 valence electrons. The Balaban J connectivity index is 1.66. The van der Waals surface area contributed by atoms with Crippen LogP contribution >= 0.6 is 0 Å². The number of hydrogen-bond donors (Lipinski definition) is 2. The van der Waals surface area contributed by atoms with Crippen molar-refractivity contribution >= 4 is 5.97 Å². The summed E-state index contributed by atoms with van der Waals surface area (Å²) in [6.45, 7) is 0.906. The van der Waals surface area contributed by atoms with Gasteiger partial charge < -0.3 is 10.4 Å². The molecule has 0 bridgehead atoms. The van der Waals surface area contributed by atoms with E-state index in [0.29, 0.717) is 5.92 Å². The number of hydrogen-bond acceptors (Lipinski definition) is 2. The Morgan fingerprint density at radius 2 is 2.15 bits per heavy atom. The van der Waals surface area contributed by atoms with Crippen LogP contribution in [-0.4, -0.2) is 23.7 Å². The van der Waals surface area contributed by atoms with Crippen LogP contribution in [0.3, 0.4) is 0 Å². The molecular weight excluding hydrogens is 166 g/mol. The standard InChI is InChI=1S/C10H17NO2/c12-10(13)9-8(6-11-9)5-4-7-2-1-3-7/h7-9,11H,1-6H2,(H,12,13). The molecule has 0 radical (unpaired) electrons. The summed E-state index contributed by atoms with van der Waals surface area (Å²) >= 11 is 0. The highest BCUT2D eigenvalue weighted by Crippen LogP contribution is 2.33. The van der Waals surface area contributed by atoms with Crippen molar-refractivity contribution in [3.63, 3.8) is 0 Å². The normalized spacial score (nSPS) is 33.5. The number of nitrogens with one attached hydrogen (secondary N) is 1. The zero-order valence-electron chi connectivity index (χ0n) is 7.83. The molecule has 13 heavy (non-hydrogen) atoms. The van der Waals surface area contributed by atoms with E-state index < -0.39 is 5.97 Å². The van der Waals surface area contributed by atoms with E-state index in [4.69, 9.17) is 5.11 Å².